The summed E-state index contributed by atoms with van der Waals surface area (Å²) in [5.41, 5.74) is 6.72. The summed E-state index contributed by atoms with van der Waals surface area (Å²) in [7, 11) is 3.70. The van der Waals surface area contributed by atoms with Gasteiger partial charge in [-0.3, -0.25) is 24.8 Å². The molecule has 0 spiro atoms. The molecule has 0 aliphatic heterocycles. The zero-order chi connectivity index (χ0) is 25.5. The standard InChI is InChI=1S/C27H24N8OS/c1-15-4-5-25(37-15)20-11-29-12-23-18(20)7-22(32-23)27-19-8-21(30-13-24(19)33-34-27)16-6-17(10-28-9-16)31-26(36)14-35(2)3/h4-13,32H,14H2,1-3H3,(H,31,36)(H,33,34). The molecular formula is C27H24N8OS. The summed E-state index contributed by atoms with van der Waals surface area (Å²) in [5.74, 6) is -0.102. The number of pyridine rings is 3. The minimum atomic E-state index is -0.102. The van der Waals surface area contributed by atoms with E-state index in [2.05, 4.69) is 60.6 Å². The Morgan fingerprint density at radius 2 is 1.86 bits per heavy atom. The number of amides is 1. The number of hydrogen-bond donors (Lipinski definition) is 3. The molecule has 0 saturated carbocycles. The van der Waals surface area contributed by atoms with E-state index in [0.29, 0.717) is 12.2 Å². The molecule has 1 amide bonds. The minimum Gasteiger partial charge on any atom is -0.352 e. The molecule has 6 rings (SSSR count). The largest absolute Gasteiger partial charge is 0.352 e. The second-order valence-electron chi connectivity index (χ2n) is 9.18. The van der Waals surface area contributed by atoms with Crippen LogP contribution < -0.4 is 5.32 Å². The van der Waals surface area contributed by atoms with Crippen molar-refractivity contribution in [3.8, 4) is 33.1 Å². The van der Waals surface area contributed by atoms with Gasteiger partial charge < -0.3 is 15.2 Å². The fraction of sp³-hybridized carbons (Fsp3) is 0.148. The number of H-pyrrole nitrogens is 2. The molecule has 0 bridgehead atoms. The first-order valence-electron chi connectivity index (χ1n) is 11.7. The van der Waals surface area contributed by atoms with Crippen molar-refractivity contribution < 1.29 is 4.79 Å². The maximum atomic E-state index is 12.2. The van der Waals surface area contributed by atoms with Gasteiger partial charge in [-0.1, -0.05) is 0 Å². The Morgan fingerprint density at radius 1 is 1.00 bits per heavy atom. The first-order chi connectivity index (χ1) is 17.9. The fourth-order valence-corrected chi connectivity index (χ4v) is 5.26. The van der Waals surface area contributed by atoms with E-state index in [1.807, 2.05) is 43.5 Å². The van der Waals surface area contributed by atoms with Gasteiger partial charge in [0.2, 0.25) is 5.91 Å². The van der Waals surface area contributed by atoms with Gasteiger partial charge in [-0.15, -0.1) is 11.3 Å². The zero-order valence-electron chi connectivity index (χ0n) is 20.5. The van der Waals surface area contributed by atoms with Crippen LogP contribution in [0.1, 0.15) is 4.88 Å². The van der Waals surface area contributed by atoms with E-state index in [-0.39, 0.29) is 5.91 Å². The summed E-state index contributed by atoms with van der Waals surface area (Å²) in [4.78, 5) is 33.3. The number of nitrogens with one attached hydrogen (secondary N) is 3. The van der Waals surface area contributed by atoms with Crippen LogP contribution in [-0.2, 0) is 4.79 Å². The number of carbonyl (C=O) groups is 1. The monoisotopic (exact) mass is 508 g/mol. The predicted octanol–water partition coefficient (Wildman–Crippen LogP) is 5.10. The van der Waals surface area contributed by atoms with Crippen molar-refractivity contribution >= 4 is 44.7 Å². The Kier molecular flexibility index (Phi) is 5.74. The molecule has 6 aromatic heterocycles. The third-order valence-electron chi connectivity index (χ3n) is 6.03. The van der Waals surface area contributed by atoms with E-state index in [4.69, 9.17) is 0 Å². The van der Waals surface area contributed by atoms with Crippen molar-refractivity contribution in [3.63, 3.8) is 0 Å². The summed E-state index contributed by atoms with van der Waals surface area (Å²) >= 11 is 1.75. The van der Waals surface area contributed by atoms with E-state index < -0.39 is 0 Å². The molecule has 184 valence electrons. The second-order valence-corrected chi connectivity index (χ2v) is 10.5. The lowest BCUT2D eigenvalue weighted by Crippen LogP contribution is -2.27. The number of nitrogens with zero attached hydrogens (tertiary/aromatic N) is 5. The highest BCUT2D eigenvalue weighted by molar-refractivity contribution is 7.15. The van der Waals surface area contributed by atoms with Crippen molar-refractivity contribution in [1.82, 2.24) is 35.0 Å². The summed E-state index contributed by atoms with van der Waals surface area (Å²) in [6.07, 6.45) is 8.88. The van der Waals surface area contributed by atoms with Gasteiger partial charge >= 0.3 is 0 Å². The maximum Gasteiger partial charge on any atom is 0.238 e. The first kappa shape index (κ1) is 23.0. The summed E-state index contributed by atoms with van der Waals surface area (Å²) < 4.78 is 0. The molecule has 0 saturated heterocycles. The fourth-order valence-electron chi connectivity index (χ4n) is 4.37. The molecule has 9 nitrogen and oxygen atoms in total. The Morgan fingerprint density at radius 3 is 2.68 bits per heavy atom. The van der Waals surface area contributed by atoms with E-state index in [9.17, 15) is 4.79 Å². The highest BCUT2D eigenvalue weighted by Crippen LogP contribution is 2.36. The number of hydrogen-bond acceptors (Lipinski definition) is 7. The highest BCUT2D eigenvalue weighted by atomic mass is 32.1. The number of thiophene rings is 1. The Hall–Kier alpha value is -4.41. The van der Waals surface area contributed by atoms with E-state index in [0.717, 1.165) is 50.0 Å². The molecule has 6 heterocycles. The van der Waals surface area contributed by atoms with Crippen molar-refractivity contribution in [2.45, 2.75) is 6.92 Å². The lowest BCUT2D eigenvalue weighted by molar-refractivity contribution is -0.116. The molecular weight excluding hydrogens is 484 g/mol. The van der Waals surface area contributed by atoms with Crippen LogP contribution in [0, 0.1) is 6.92 Å². The number of anilines is 1. The summed E-state index contributed by atoms with van der Waals surface area (Å²) in [5, 5.41) is 12.6. The van der Waals surface area contributed by atoms with Crippen molar-refractivity contribution in [2.24, 2.45) is 0 Å². The molecule has 0 aromatic carbocycles. The van der Waals surface area contributed by atoms with Crippen molar-refractivity contribution in [2.75, 3.05) is 26.0 Å². The van der Waals surface area contributed by atoms with Crippen molar-refractivity contribution in [3.05, 3.63) is 66.2 Å². The Balaban J connectivity index is 1.38. The van der Waals surface area contributed by atoms with Crippen LogP contribution in [0.2, 0.25) is 0 Å². The second kappa shape index (κ2) is 9.23. The third-order valence-corrected chi connectivity index (χ3v) is 7.07. The number of carbonyl (C=O) groups excluding carboxylic acids is 1. The number of fused-ring (bicyclic) bond motifs is 2. The van der Waals surface area contributed by atoms with Gasteiger partial charge in [0.25, 0.3) is 0 Å². The molecule has 0 fully saturated rings. The molecule has 0 unspecified atom stereocenters. The van der Waals surface area contributed by atoms with E-state index in [1.165, 1.54) is 9.75 Å². The summed E-state index contributed by atoms with van der Waals surface area (Å²) in [6, 6.07) is 10.2. The average Bonchev–Trinajstić information content (AvgIpc) is 3.60. The number of aryl methyl sites for hydroxylation is 1. The Labute approximate surface area is 216 Å². The van der Waals surface area contributed by atoms with Gasteiger partial charge in [0.05, 0.1) is 53.2 Å². The lowest BCUT2D eigenvalue weighted by Gasteiger charge is -2.10. The van der Waals surface area contributed by atoms with Crippen LogP contribution in [0.25, 0.3) is 54.9 Å². The third kappa shape index (κ3) is 4.48. The van der Waals surface area contributed by atoms with Crippen LogP contribution >= 0.6 is 11.3 Å². The van der Waals surface area contributed by atoms with Crippen LogP contribution in [-0.4, -0.2) is 61.6 Å². The lowest BCUT2D eigenvalue weighted by atomic mass is 10.1. The van der Waals surface area contributed by atoms with Crippen molar-refractivity contribution in [1.29, 1.82) is 0 Å². The van der Waals surface area contributed by atoms with Crippen LogP contribution in [0.4, 0.5) is 5.69 Å². The van der Waals surface area contributed by atoms with Crippen LogP contribution in [0.5, 0.6) is 0 Å². The normalized spacial score (nSPS) is 11.6. The Bertz CT molecular complexity index is 1760. The topological polar surface area (TPSA) is 115 Å². The molecule has 0 radical (unpaired) electrons. The highest BCUT2D eigenvalue weighted by Gasteiger charge is 2.16. The molecule has 37 heavy (non-hydrogen) atoms. The molecule has 10 heteroatoms. The SMILES string of the molecule is Cc1ccc(-c2cncc3[nH]c(-c4n[nH]c5cnc(-c6cncc(NC(=O)CN(C)C)c6)cc45)cc23)s1. The van der Waals surface area contributed by atoms with Gasteiger partial charge in [-0.2, -0.15) is 5.10 Å². The number of rotatable bonds is 6. The quantitative estimate of drug-likeness (QED) is 0.288. The van der Waals surface area contributed by atoms with Gasteiger partial charge in [-0.25, -0.2) is 0 Å². The molecule has 0 aliphatic rings. The average molecular weight is 509 g/mol. The number of likely N-dealkylation sites (N-methyl/N-ethyl adjacent to an activating group) is 1. The first-order valence-corrected chi connectivity index (χ1v) is 12.5. The molecule has 3 N–H and O–H groups in total. The predicted molar refractivity (Wildman–Crippen MR) is 147 cm³/mol. The van der Waals surface area contributed by atoms with Gasteiger partial charge in [0.15, 0.2) is 0 Å². The summed E-state index contributed by atoms with van der Waals surface area (Å²) in [6.45, 7) is 2.40. The van der Waals surface area contributed by atoms with Gasteiger partial charge in [0, 0.05) is 44.0 Å². The maximum absolute atomic E-state index is 12.2. The zero-order valence-corrected chi connectivity index (χ0v) is 21.3. The molecule has 0 atom stereocenters. The van der Waals surface area contributed by atoms with Gasteiger partial charge in [-0.05, 0) is 51.4 Å². The molecule has 0 aliphatic carbocycles. The number of aromatic nitrogens is 6. The molecule has 6 aromatic rings. The minimum absolute atomic E-state index is 0.102. The van der Waals surface area contributed by atoms with Gasteiger partial charge in [0.1, 0.15) is 5.69 Å². The smallest absolute Gasteiger partial charge is 0.238 e. The van der Waals surface area contributed by atoms with Crippen LogP contribution in [0.15, 0.2) is 61.3 Å². The van der Waals surface area contributed by atoms with E-state index in [1.54, 1.807) is 29.9 Å². The number of aromatic amines is 2. The van der Waals surface area contributed by atoms with E-state index >= 15 is 0 Å². The van der Waals surface area contributed by atoms with Crippen LogP contribution in [0.3, 0.4) is 0 Å².